The first-order chi connectivity index (χ1) is 8.74. The van der Waals surface area contributed by atoms with E-state index in [2.05, 4.69) is 16.0 Å². The maximum Gasteiger partial charge on any atom is 0.316 e. The number of carbonyl (C=O) groups excluding carboxylic acids is 1. The summed E-state index contributed by atoms with van der Waals surface area (Å²) in [5, 5.41) is 9.42. The number of hydrogen-bond donors (Lipinski definition) is 4. The molecule has 0 spiro atoms. The van der Waals surface area contributed by atoms with Crippen LogP contribution in [0.4, 0.5) is 16.2 Å². The lowest BCUT2D eigenvalue weighted by atomic mass is 10.1. The van der Waals surface area contributed by atoms with Gasteiger partial charge >= 0.3 is 6.03 Å². The molecule has 1 aliphatic rings. The van der Waals surface area contributed by atoms with E-state index in [0.717, 1.165) is 18.8 Å². The molecule has 1 saturated heterocycles. The van der Waals surface area contributed by atoms with Crippen LogP contribution in [0, 0.1) is 0 Å². The summed E-state index contributed by atoms with van der Waals surface area (Å²) < 4.78 is 0. The van der Waals surface area contributed by atoms with Crippen LogP contribution in [0.25, 0.3) is 0 Å². The van der Waals surface area contributed by atoms with Crippen molar-refractivity contribution in [2.24, 2.45) is 5.73 Å². The van der Waals surface area contributed by atoms with Gasteiger partial charge in [0.15, 0.2) is 0 Å². The van der Waals surface area contributed by atoms with Crippen LogP contribution in [0.1, 0.15) is 19.3 Å². The summed E-state index contributed by atoms with van der Waals surface area (Å²) in [5.41, 5.74) is 6.81. The Morgan fingerprint density at radius 2 is 2.00 bits per heavy atom. The fourth-order valence-corrected chi connectivity index (χ4v) is 2.15. The zero-order valence-corrected chi connectivity index (χ0v) is 10.4. The van der Waals surface area contributed by atoms with Crippen molar-refractivity contribution in [2.45, 2.75) is 25.3 Å². The summed E-state index contributed by atoms with van der Waals surface area (Å²) in [6.45, 7) is 2.05. The van der Waals surface area contributed by atoms with Crippen molar-refractivity contribution in [3.05, 3.63) is 24.3 Å². The van der Waals surface area contributed by atoms with Gasteiger partial charge in [0.25, 0.3) is 0 Å². The average Bonchev–Trinajstić information content (AvgIpc) is 2.38. The molecule has 5 nitrogen and oxygen atoms in total. The molecule has 1 fully saturated rings. The highest BCUT2D eigenvalue weighted by Gasteiger charge is 2.11. The summed E-state index contributed by atoms with van der Waals surface area (Å²) in [6.07, 6.45) is 3.82. The molecule has 0 radical (unpaired) electrons. The van der Waals surface area contributed by atoms with Gasteiger partial charge in [-0.15, -0.1) is 0 Å². The maximum absolute atomic E-state index is 10.7. The Bertz CT molecular complexity index is 384. The van der Waals surface area contributed by atoms with Crippen LogP contribution in [-0.4, -0.2) is 25.2 Å². The molecular formula is C13H20N4O. The maximum atomic E-state index is 10.7. The quantitative estimate of drug-likeness (QED) is 0.655. The molecule has 5 heteroatoms. The van der Waals surface area contributed by atoms with Gasteiger partial charge in [-0.2, -0.15) is 0 Å². The second-order valence-corrected chi connectivity index (χ2v) is 4.59. The lowest BCUT2D eigenvalue weighted by Crippen LogP contribution is -2.39. The molecule has 1 atom stereocenters. The smallest absolute Gasteiger partial charge is 0.316 e. The number of primary amides is 1. The van der Waals surface area contributed by atoms with Gasteiger partial charge < -0.3 is 21.7 Å². The van der Waals surface area contributed by atoms with Crippen LogP contribution >= 0.6 is 0 Å². The molecule has 5 N–H and O–H groups in total. The Morgan fingerprint density at radius 3 is 2.61 bits per heavy atom. The fourth-order valence-electron chi connectivity index (χ4n) is 2.15. The Kier molecular flexibility index (Phi) is 4.41. The van der Waals surface area contributed by atoms with E-state index in [0.29, 0.717) is 11.7 Å². The molecule has 98 valence electrons. The molecule has 0 aliphatic carbocycles. The van der Waals surface area contributed by atoms with Gasteiger partial charge in [-0.3, -0.25) is 0 Å². The van der Waals surface area contributed by atoms with Crippen molar-refractivity contribution in [1.82, 2.24) is 5.32 Å². The SMILES string of the molecule is NC(=O)Nc1ccc(NCC2CCCCN2)cc1. The molecule has 0 bridgehead atoms. The van der Waals surface area contributed by atoms with Crippen LogP contribution in [0.3, 0.4) is 0 Å². The molecule has 0 saturated carbocycles. The third kappa shape index (κ3) is 3.92. The first-order valence-corrected chi connectivity index (χ1v) is 6.38. The molecule has 2 amide bonds. The number of amides is 2. The summed E-state index contributed by atoms with van der Waals surface area (Å²) in [6, 6.07) is 7.56. The third-order valence-corrected chi connectivity index (χ3v) is 3.12. The number of hydrogen-bond acceptors (Lipinski definition) is 3. The predicted molar refractivity (Wildman–Crippen MR) is 73.8 cm³/mol. The topological polar surface area (TPSA) is 79.2 Å². The minimum Gasteiger partial charge on any atom is -0.383 e. The van der Waals surface area contributed by atoms with Crippen LogP contribution in [0.2, 0.25) is 0 Å². The first-order valence-electron chi connectivity index (χ1n) is 6.38. The molecule has 1 unspecified atom stereocenters. The lowest BCUT2D eigenvalue weighted by Gasteiger charge is -2.24. The molecule has 1 aliphatic heterocycles. The molecular weight excluding hydrogens is 228 g/mol. The fraction of sp³-hybridized carbons (Fsp3) is 0.462. The van der Waals surface area contributed by atoms with Crippen molar-refractivity contribution in [1.29, 1.82) is 0 Å². The summed E-state index contributed by atoms with van der Waals surface area (Å²) >= 11 is 0. The number of piperidine rings is 1. The van der Waals surface area contributed by atoms with E-state index >= 15 is 0 Å². The Labute approximate surface area is 107 Å². The van der Waals surface area contributed by atoms with Crippen LogP contribution < -0.4 is 21.7 Å². The molecule has 18 heavy (non-hydrogen) atoms. The minimum absolute atomic E-state index is 0.540. The Balaban J connectivity index is 1.80. The standard InChI is InChI=1S/C13H20N4O/c14-13(18)17-11-6-4-10(5-7-11)16-9-12-3-1-2-8-15-12/h4-7,12,15-16H,1-3,8-9H2,(H3,14,17,18). The third-order valence-electron chi connectivity index (χ3n) is 3.12. The number of benzene rings is 1. The van der Waals surface area contributed by atoms with E-state index in [-0.39, 0.29) is 0 Å². The van der Waals surface area contributed by atoms with Crippen molar-refractivity contribution < 1.29 is 4.79 Å². The molecule has 1 heterocycles. The number of anilines is 2. The summed E-state index contributed by atoms with van der Waals surface area (Å²) in [5.74, 6) is 0. The normalized spacial score (nSPS) is 19.2. The number of nitrogens with one attached hydrogen (secondary N) is 3. The largest absolute Gasteiger partial charge is 0.383 e. The highest BCUT2D eigenvalue weighted by atomic mass is 16.2. The van der Waals surface area contributed by atoms with Crippen LogP contribution in [0.15, 0.2) is 24.3 Å². The van der Waals surface area contributed by atoms with Crippen molar-refractivity contribution in [3.8, 4) is 0 Å². The zero-order valence-electron chi connectivity index (χ0n) is 10.4. The van der Waals surface area contributed by atoms with Gasteiger partial charge in [-0.25, -0.2) is 4.79 Å². The Hall–Kier alpha value is -1.75. The number of carbonyl (C=O) groups is 1. The summed E-state index contributed by atoms with van der Waals surface area (Å²) in [7, 11) is 0. The number of rotatable bonds is 4. The number of nitrogens with two attached hydrogens (primary N) is 1. The first kappa shape index (κ1) is 12.7. The van der Waals surface area contributed by atoms with Gasteiger partial charge in [0.2, 0.25) is 0 Å². The highest BCUT2D eigenvalue weighted by molar-refractivity contribution is 5.87. The van der Waals surface area contributed by atoms with E-state index < -0.39 is 6.03 Å². The number of urea groups is 1. The minimum atomic E-state index is -0.540. The molecule has 1 aromatic rings. The highest BCUT2D eigenvalue weighted by Crippen LogP contribution is 2.14. The van der Waals surface area contributed by atoms with Gasteiger partial charge in [0, 0.05) is 24.0 Å². The van der Waals surface area contributed by atoms with E-state index in [1.165, 1.54) is 19.3 Å². The van der Waals surface area contributed by atoms with Gasteiger partial charge in [0.1, 0.15) is 0 Å². The van der Waals surface area contributed by atoms with Crippen molar-refractivity contribution in [3.63, 3.8) is 0 Å². The van der Waals surface area contributed by atoms with Gasteiger partial charge in [-0.1, -0.05) is 6.42 Å². The lowest BCUT2D eigenvalue weighted by molar-refractivity contribution is 0.259. The van der Waals surface area contributed by atoms with Gasteiger partial charge in [0.05, 0.1) is 0 Å². The molecule has 1 aromatic carbocycles. The average molecular weight is 248 g/mol. The van der Waals surface area contributed by atoms with Gasteiger partial charge in [-0.05, 0) is 43.7 Å². The van der Waals surface area contributed by atoms with E-state index in [1.807, 2.05) is 24.3 Å². The summed E-state index contributed by atoms with van der Waals surface area (Å²) in [4.78, 5) is 10.7. The van der Waals surface area contributed by atoms with E-state index in [4.69, 9.17) is 5.73 Å². The predicted octanol–water partition coefficient (Wildman–Crippen LogP) is 1.73. The van der Waals surface area contributed by atoms with Crippen molar-refractivity contribution >= 4 is 17.4 Å². The zero-order chi connectivity index (χ0) is 12.8. The van der Waals surface area contributed by atoms with E-state index in [1.54, 1.807) is 0 Å². The Morgan fingerprint density at radius 1 is 1.28 bits per heavy atom. The van der Waals surface area contributed by atoms with Crippen LogP contribution in [-0.2, 0) is 0 Å². The second kappa shape index (κ2) is 6.26. The van der Waals surface area contributed by atoms with Crippen LogP contribution in [0.5, 0.6) is 0 Å². The molecule has 0 aromatic heterocycles. The second-order valence-electron chi connectivity index (χ2n) is 4.59. The van der Waals surface area contributed by atoms with E-state index in [9.17, 15) is 4.79 Å². The monoisotopic (exact) mass is 248 g/mol. The van der Waals surface area contributed by atoms with Crippen molar-refractivity contribution in [2.75, 3.05) is 23.7 Å². The molecule has 2 rings (SSSR count).